The highest BCUT2D eigenvalue weighted by Gasteiger charge is 2.61. The summed E-state index contributed by atoms with van der Waals surface area (Å²) in [5.41, 5.74) is 0.872. The van der Waals surface area contributed by atoms with Crippen LogP contribution in [0, 0.1) is 0 Å². The molecule has 1 saturated heterocycles. The van der Waals surface area contributed by atoms with Gasteiger partial charge in [0.1, 0.15) is 5.75 Å². The molecule has 1 aliphatic rings. The summed E-state index contributed by atoms with van der Waals surface area (Å²) >= 11 is 0. The molecular formula is C14H16F5NO. The Labute approximate surface area is 119 Å². The molecule has 1 aliphatic heterocycles. The second-order valence-electron chi connectivity index (χ2n) is 5.11. The van der Waals surface area contributed by atoms with Crippen molar-refractivity contribution in [2.75, 3.05) is 6.54 Å². The minimum atomic E-state index is -5.72. The lowest BCUT2D eigenvalue weighted by Crippen LogP contribution is -2.41. The van der Waals surface area contributed by atoms with Gasteiger partial charge in [-0.2, -0.15) is 22.0 Å². The van der Waals surface area contributed by atoms with Gasteiger partial charge in [-0.3, -0.25) is 0 Å². The first kappa shape index (κ1) is 16.0. The smallest absolute Gasteiger partial charge is 0.426 e. The molecule has 0 bridgehead atoms. The summed E-state index contributed by atoms with van der Waals surface area (Å²) in [5.74, 6) is -0.502. The number of hydrogen-bond acceptors (Lipinski definition) is 2. The van der Waals surface area contributed by atoms with Crippen molar-refractivity contribution < 1.29 is 26.7 Å². The molecule has 2 rings (SSSR count). The lowest BCUT2D eigenvalue weighted by molar-refractivity contribution is -0.360. The van der Waals surface area contributed by atoms with Crippen molar-refractivity contribution in [3.8, 4) is 5.75 Å². The van der Waals surface area contributed by atoms with E-state index in [0.717, 1.165) is 49.9 Å². The zero-order valence-corrected chi connectivity index (χ0v) is 11.2. The number of piperidine rings is 1. The van der Waals surface area contributed by atoms with Crippen molar-refractivity contribution in [1.82, 2.24) is 5.32 Å². The van der Waals surface area contributed by atoms with Gasteiger partial charge in [-0.05, 0) is 43.5 Å². The number of alkyl halides is 5. The third kappa shape index (κ3) is 4.30. The number of rotatable bonds is 4. The number of hydrogen-bond donors (Lipinski definition) is 1. The number of nitrogens with one attached hydrogen (secondary N) is 1. The van der Waals surface area contributed by atoms with Gasteiger partial charge in [-0.15, -0.1) is 0 Å². The normalized spacial score (nSPS) is 20.3. The highest BCUT2D eigenvalue weighted by atomic mass is 19.4. The molecule has 0 aromatic heterocycles. The summed E-state index contributed by atoms with van der Waals surface area (Å²) in [7, 11) is 0. The first-order chi connectivity index (χ1) is 9.78. The van der Waals surface area contributed by atoms with E-state index in [1.165, 1.54) is 12.1 Å². The summed E-state index contributed by atoms with van der Waals surface area (Å²) in [6.07, 6.45) is -6.88. The molecule has 0 saturated carbocycles. The molecule has 1 unspecified atom stereocenters. The largest absolute Gasteiger partial charge is 0.499 e. The van der Waals surface area contributed by atoms with Gasteiger partial charge in [0, 0.05) is 6.04 Å². The van der Waals surface area contributed by atoms with Crippen LogP contribution in [0.2, 0.25) is 0 Å². The monoisotopic (exact) mass is 309 g/mol. The molecule has 2 nitrogen and oxygen atoms in total. The van der Waals surface area contributed by atoms with Crippen molar-refractivity contribution in [1.29, 1.82) is 0 Å². The molecule has 1 fully saturated rings. The molecule has 0 aliphatic carbocycles. The van der Waals surface area contributed by atoms with Gasteiger partial charge in [-0.1, -0.05) is 18.6 Å². The van der Waals surface area contributed by atoms with Gasteiger partial charge in [0.15, 0.2) is 0 Å². The zero-order valence-electron chi connectivity index (χ0n) is 11.2. The topological polar surface area (TPSA) is 21.3 Å². The van der Waals surface area contributed by atoms with Crippen molar-refractivity contribution >= 4 is 0 Å². The molecule has 1 heterocycles. The Kier molecular flexibility index (Phi) is 4.70. The third-order valence-electron chi connectivity index (χ3n) is 3.39. The predicted molar refractivity (Wildman–Crippen MR) is 67.4 cm³/mol. The van der Waals surface area contributed by atoms with Gasteiger partial charge >= 0.3 is 12.3 Å². The van der Waals surface area contributed by atoms with E-state index in [-0.39, 0.29) is 0 Å². The van der Waals surface area contributed by atoms with Crippen LogP contribution in [0.1, 0.15) is 24.8 Å². The second kappa shape index (κ2) is 6.17. The highest BCUT2D eigenvalue weighted by molar-refractivity contribution is 5.28. The second-order valence-corrected chi connectivity index (χ2v) is 5.11. The Morgan fingerprint density at radius 3 is 2.24 bits per heavy atom. The maximum Gasteiger partial charge on any atom is 0.499 e. The van der Waals surface area contributed by atoms with Gasteiger partial charge in [-0.25, -0.2) is 0 Å². The number of benzene rings is 1. The van der Waals surface area contributed by atoms with Gasteiger partial charge in [0.2, 0.25) is 0 Å². The van der Waals surface area contributed by atoms with Gasteiger partial charge in [0.05, 0.1) is 0 Å². The predicted octanol–water partition coefficient (Wildman–Crippen LogP) is 3.91. The molecule has 1 N–H and O–H groups in total. The van der Waals surface area contributed by atoms with Crippen LogP contribution in [-0.4, -0.2) is 24.9 Å². The lowest BCUT2D eigenvalue weighted by Gasteiger charge is -2.23. The summed E-state index contributed by atoms with van der Waals surface area (Å²) in [4.78, 5) is 0. The summed E-state index contributed by atoms with van der Waals surface area (Å²) in [6.45, 7) is 0.948. The lowest BCUT2D eigenvalue weighted by atomic mass is 9.98. The summed E-state index contributed by atoms with van der Waals surface area (Å²) < 4.78 is 65.3. The molecular weight excluding hydrogens is 293 g/mol. The number of halogens is 5. The van der Waals surface area contributed by atoms with Crippen LogP contribution in [0.3, 0.4) is 0 Å². The Morgan fingerprint density at radius 1 is 1.05 bits per heavy atom. The first-order valence-corrected chi connectivity index (χ1v) is 6.74. The minimum Gasteiger partial charge on any atom is -0.426 e. The van der Waals surface area contributed by atoms with Crippen molar-refractivity contribution in [3.05, 3.63) is 29.8 Å². The quantitative estimate of drug-likeness (QED) is 0.852. The molecule has 0 radical (unpaired) electrons. The van der Waals surface area contributed by atoms with Crippen LogP contribution in [0.5, 0.6) is 5.75 Å². The van der Waals surface area contributed by atoms with Crippen LogP contribution in [0.4, 0.5) is 22.0 Å². The zero-order chi connectivity index (χ0) is 15.5. The van der Waals surface area contributed by atoms with Crippen LogP contribution in [0.25, 0.3) is 0 Å². The molecule has 1 atom stereocenters. The number of ether oxygens (including phenoxy) is 1. The molecule has 21 heavy (non-hydrogen) atoms. The average Bonchev–Trinajstić information content (AvgIpc) is 2.41. The standard InChI is InChI=1S/C14H16F5NO/c15-13(16,17)14(18,19)21-12-6-4-10(5-7-12)9-11-3-1-2-8-20-11/h4-7,11,20H,1-3,8-9H2. The third-order valence-corrected chi connectivity index (χ3v) is 3.39. The van der Waals surface area contributed by atoms with E-state index < -0.39 is 18.0 Å². The fraction of sp³-hybridized carbons (Fsp3) is 0.571. The van der Waals surface area contributed by atoms with E-state index in [0.29, 0.717) is 6.04 Å². The molecule has 118 valence electrons. The molecule has 1 aromatic rings. The maximum atomic E-state index is 12.7. The molecule has 7 heteroatoms. The van der Waals surface area contributed by atoms with E-state index in [9.17, 15) is 22.0 Å². The van der Waals surface area contributed by atoms with Crippen LogP contribution in [-0.2, 0) is 6.42 Å². The average molecular weight is 309 g/mol. The molecule has 1 aromatic carbocycles. The van der Waals surface area contributed by atoms with Crippen molar-refractivity contribution in [2.45, 2.75) is 44.0 Å². The van der Waals surface area contributed by atoms with E-state index in [1.54, 1.807) is 0 Å². The molecule has 0 spiro atoms. The van der Waals surface area contributed by atoms with E-state index in [4.69, 9.17) is 0 Å². The maximum absolute atomic E-state index is 12.7. The van der Waals surface area contributed by atoms with E-state index in [1.807, 2.05) is 0 Å². The Hall–Kier alpha value is -1.37. The summed E-state index contributed by atoms with van der Waals surface area (Å²) in [5, 5.41) is 3.34. The van der Waals surface area contributed by atoms with E-state index >= 15 is 0 Å². The Morgan fingerprint density at radius 2 is 1.71 bits per heavy atom. The Balaban J connectivity index is 1.95. The van der Waals surface area contributed by atoms with Gasteiger partial charge in [0.25, 0.3) is 0 Å². The van der Waals surface area contributed by atoms with Gasteiger partial charge < -0.3 is 10.1 Å². The van der Waals surface area contributed by atoms with E-state index in [2.05, 4.69) is 10.1 Å². The molecule has 0 amide bonds. The van der Waals surface area contributed by atoms with Crippen LogP contribution < -0.4 is 10.1 Å². The fourth-order valence-electron chi connectivity index (χ4n) is 2.28. The van der Waals surface area contributed by atoms with Crippen molar-refractivity contribution in [3.63, 3.8) is 0 Å². The SMILES string of the molecule is FC(F)(F)C(F)(F)Oc1ccc(CC2CCCCN2)cc1. The van der Waals surface area contributed by atoms with Crippen LogP contribution in [0.15, 0.2) is 24.3 Å². The Bertz CT molecular complexity index is 451. The van der Waals surface area contributed by atoms with Crippen molar-refractivity contribution in [2.24, 2.45) is 0 Å². The van der Waals surface area contributed by atoms with Crippen LogP contribution >= 0.6 is 0 Å². The highest BCUT2D eigenvalue weighted by Crippen LogP contribution is 2.37. The minimum absolute atomic E-state index is 0.321. The fourth-order valence-corrected chi connectivity index (χ4v) is 2.28. The summed E-state index contributed by atoms with van der Waals surface area (Å²) in [6, 6.07) is 5.62. The first-order valence-electron chi connectivity index (χ1n) is 6.74.